The van der Waals surface area contributed by atoms with Crippen molar-refractivity contribution in [1.82, 2.24) is 25.0 Å². The average Bonchev–Trinajstić information content (AvgIpc) is 3.27. The van der Waals surface area contributed by atoms with Gasteiger partial charge in [-0.15, -0.1) is 0 Å². The lowest BCUT2D eigenvalue weighted by atomic mass is 10.0. The number of benzene rings is 1. The van der Waals surface area contributed by atoms with Gasteiger partial charge >= 0.3 is 6.09 Å². The number of amides is 2. The van der Waals surface area contributed by atoms with Crippen LogP contribution in [0.5, 0.6) is 0 Å². The molecule has 4 rings (SSSR count). The van der Waals surface area contributed by atoms with Crippen LogP contribution in [0.2, 0.25) is 10.0 Å². The number of carbonyl (C=O) groups excluding carboxylic acids is 1. The summed E-state index contributed by atoms with van der Waals surface area (Å²) in [6.07, 6.45) is 2.27. The Morgan fingerprint density at radius 3 is 2.81 bits per heavy atom. The number of aromatic amines is 1. The van der Waals surface area contributed by atoms with Crippen LogP contribution in [0.3, 0.4) is 0 Å². The van der Waals surface area contributed by atoms with E-state index in [1.54, 1.807) is 23.4 Å². The van der Waals surface area contributed by atoms with Crippen LogP contribution in [-0.4, -0.2) is 49.9 Å². The van der Waals surface area contributed by atoms with Gasteiger partial charge in [-0.3, -0.25) is 9.89 Å². The molecule has 3 heterocycles. The van der Waals surface area contributed by atoms with E-state index in [4.69, 9.17) is 28.3 Å². The second-order valence-electron chi connectivity index (χ2n) is 6.19. The van der Waals surface area contributed by atoms with Crippen molar-refractivity contribution in [2.75, 3.05) is 13.1 Å². The molecule has 0 radical (unpaired) electrons. The highest BCUT2D eigenvalue weighted by molar-refractivity contribution is 6.45. The van der Waals surface area contributed by atoms with Crippen molar-refractivity contribution in [3.05, 3.63) is 40.3 Å². The second-order valence-corrected chi connectivity index (χ2v) is 6.98. The number of hydrogen-bond acceptors (Lipinski definition) is 3. The zero-order valence-corrected chi connectivity index (χ0v) is 15.5. The van der Waals surface area contributed by atoms with Gasteiger partial charge in [0.15, 0.2) is 0 Å². The predicted octanol–water partition coefficient (Wildman–Crippen LogP) is 2.95. The van der Waals surface area contributed by atoms with Crippen LogP contribution in [0.25, 0.3) is 22.0 Å². The molecule has 140 valence electrons. The number of fused-ring (bicyclic) bond motifs is 3. The van der Waals surface area contributed by atoms with Crippen molar-refractivity contribution in [1.29, 1.82) is 0 Å². The molecule has 2 aromatic heterocycles. The first kappa shape index (κ1) is 17.7. The third-order valence-corrected chi connectivity index (χ3v) is 5.48. The predicted molar refractivity (Wildman–Crippen MR) is 101 cm³/mol. The van der Waals surface area contributed by atoms with Crippen molar-refractivity contribution in [2.45, 2.75) is 13.1 Å². The van der Waals surface area contributed by atoms with Crippen molar-refractivity contribution >= 4 is 46.1 Å². The molecule has 0 aliphatic carbocycles. The minimum Gasteiger partial charge on any atom is -0.465 e. The molecule has 1 aliphatic heterocycles. The van der Waals surface area contributed by atoms with E-state index in [2.05, 4.69) is 20.1 Å². The Morgan fingerprint density at radius 2 is 2.11 bits per heavy atom. The molecule has 3 N–H and O–H groups in total. The molecule has 1 aliphatic rings. The van der Waals surface area contributed by atoms with E-state index in [1.807, 2.05) is 6.07 Å². The second kappa shape index (κ2) is 6.79. The van der Waals surface area contributed by atoms with Crippen LogP contribution < -0.4 is 5.32 Å². The lowest BCUT2D eigenvalue weighted by Gasteiger charge is -2.30. The molecule has 0 spiro atoms. The molecular weight excluding hydrogens is 393 g/mol. The minimum atomic E-state index is -1.23. The van der Waals surface area contributed by atoms with E-state index in [9.17, 15) is 9.59 Å². The molecule has 0 saturated carbocycles. The van der Waals surface area contributed by atoms with Gasteiger partial charge in [0.2, 0.25) is 5.91 Å². The SMILES string of the molecule is O=C(O)NCC(=O)N1CCn2c(c(-c3cn[nH]c3)c3ccc(Cl)c(Cl)c32)C1. The minimum absolute atomic E-state index is 0.261. The highest BCUT2D eigenvalue weighted by Crippen LogP contribution is 2.41. The van der Waals surface area contributed by atoms with Gasteiger partial charge in [-0.1, -0.05) is 29.3 Å². The van der Waals surface area contributed by atoms with Crippen LogP contribution in [0, 0.1) is 0 Å². The van der Waals surface area contributed by atoms with E-state index in [0.717, 1.165) is 27.7 Å². The number of nitrogens with zero attached hydrogens (tertiary/aromatic N) is 3. The summed E-state index contributed by atoms with van der Waals surface area (Å²) in [6, 6.07) is 3.66. The third-order valence-electron chi connectivity index (χ3n) is 4.69. The first-order valence-corrected chi connectivity index (χ1v) is 8.95. The van der Waals surface area contributed by atoms with Crippen molar-refractivity contribution in [3.63, 3.8) is 0 Å². The standard InChI is InChI=1S/C17H15Cl2N5O3/c18-11-2-1-10-14(9-5-21-22-6-9)12-8-23(13(25)7-20-17(26)27)3-4-24(12)16(10)15(11)19/h1-2,5-6,20H,3-4,7-8H2,(H,21,22)(H,26,27). The van der Waals surface area contributed by atoms with Gasteiger partial charge in [0, 0.05) is 41.5 Å². The lowest BCUT2D eigenvalue weighted by molar-refractivity contribution is -0.131. The van der Waals surface area contributed by atoms with Gasteiger partial charge in [-0.05, 0) is 6.07 Å². The maximum absolute atomic E-state index is 12.4. The van der Waals surface area contributed by atoms with E-state index in [0.29, 0.717) is 29.7 Å². The third kappa shape index (κ3) is 3.00. The molecule has 8 nitrogen and oxygen atoms in total. The molecule has 0 unspecified atom stereocenters. The zero-order chi connectivity index (χ0) is 19.1. The average molecular weight is 408 g/mol. The largest absolute Gasteiger partial charge is 0.465 e. The van der Waals surface area contributed by atoms with Gasteiger partial charge in [0.25, 0.3) is 0 Å². The molecule has 0 bridgehead atoms. The Morgan fingerprint density at radius 1 is 1.30 bits per heavy atom. The van der Waals surface area contributed by atoms with Crippen molar-refractivity contribution < 1.29 is 14.7 Å². The highest BCUT2D eigenvalue weighted by Gasteiger charge is 2.28. The van der Waals surface area contributed by atoms with Crippen LogP contribution >= 0.6 is 23.2 Å². The fraction of sp³-hybridized carbons (Fsp3) is 0.235. The Kier molecular flexibility index (Phi) is 4.45. The number of rotatable bonds is 3. The molecule has 27 heavy (non-hydrogen) atoms. The normalized spacial score (nSPS) is 13.6. The Balaban J connectivity index is 1.81. The summed E-state index contributed by atoms with van der Waals surface area (Å²) < 4.78 is 2.07. The number of carbonyl (C=O) groups is 2. The zero-order valence-electron chi connectivity index (χ0n) is 14.0. The molecule has 10 heteroatoms. The Labute approximate surface area is 163 Å². The Hall–Kier alpha value is -2.71. The molecule has 2 amide bonds. The molecule has 0 atom stereocenters. The quantitative estimate of drug-likeness (QED) is 0.620. The lowest BCUT2D eigenvalue weighted by Crippen LogP contribution is -2.43. The summed E-state index contributed by atoms with van der Waals surface area (Å²) in [7, 11) is 0. The Bertz CT molecular complexity index is 1040. The maximum atomic E-state index is 12.4. The highest BCUT2D eigenvalue weighted by atomic mass is 35.5. The van der Waals surface area contributed by atoms with E-state index in [-0.39, 0.29) is 12.5 Å². The summed E-state index contributed by atoms with van der Waals surface area (Å²) in [6.45, 7) is 1.06. The monoisotopic (exact) mass is 407 g/mol. The molecule has 0 fully saturated rings. The van der Waals surface area contributed by atoms with Gasteiger partial charge in [-0.2, -0.15) is 5.10 Å². The summed E-state index contributed by atoms with van der Waals surface area (Å²) in [5.74, 6) is -0.281. The molecule has 3 aromatic rings. The maximum Gasteiger partial charge on any atom is 0.405 e. The summed E-state index contributed by atoms with van der Waals surface area (Å²) in [5, 5.41) is 19.5. The number of nitrogens with one attached hydrogen (secondary N) is 2. The van der Waals surface area contributed by atoms with E-state index >= 15 is 0 Å². The van der Waals surface area contributed by atoms with Crippen LogP contribution in [0.15, 0.2) is 24.5 Å². The topological polar surface area (TPSA) is 103 Å². The van der Waals surface area contributed by atoms with Crippen molar-refractivity contribution in [3.8, 4) is 11.1 Å². The van der Waals surface area contributed by atoms with Crippen LogP contribution in [-0.2, 0) is 17.9 Å². The summed E-state index contributed by atoms with van der Waals surface area (Å²) in [4.78, 5) is 24.7. The van der Waals surface area contributed by atoms with E-state index < -0.39 is 6.09 Å². The number of aromatic nitrogens is 3. The van der Waals surface area contributed by atoms with Gasteiger partial charge in [-0.25, -0.2) is 4.79 Å². The van der Waals surface area contributed by atoms with Crippen LogP contribution in [0.4, 0.5) is 4.79 Å². The van der Waals surface area contributed by atoms with Crippen molar-refractivity contribution in [2.24, 2.45) is 0 Å². The fourth-order valence-corrected chi connectivity index (χ4v) is 3.93. The number of halogens is 2. The van der Waals surface area contributed by atoms with Gasteiger partial charge in [0.1, 0.15) is 6.54 Å². The molecule has 0 saturated heterocycles. The fourth-order valence-electron chi connectivity index (χ4n) is 3.51. The van der Waals surface area contributed by atoms with Gasteiger partial charge < -0.3 is 19.9 Å². The summed E-state index contributed by atoms with van der Waals surface area (Å²) >= 11 is 12.7. The van der Waals surface area contributed by atoms with Crippen LogP contribution in [0.1, 0.15) is 5.69 Å². The molecule has 1 aromatic carbocycles. The summed E-state index contributed by atoms with van der Waals surface area (Å²) in [5.41, 5.74) is 3.54. The molecular formula is C17H15Cl2N5O3. The number of carboxylic acid groups (broad SMARTS) is 1. The first-order valence-electron chi connectivity index (χ1n) is 8.20. The smallest absolute Gasteiger partial charge is 0.405 e. The van der Waals surface area contributed by atoms with E-state index in [1.165, 1.54) is 0 Å². The van der Waals surface area contributed by atoms with Gasteiger partial charge in [0.05, 0.1) is 28.3 Å². The first-order chi connectivity index (χ1) is 13.0. The number of hydrogen-bond donors (Lipinski definition) is 3. The number of H-pyrrole nitrogens is 1.